The van der Waals surface area contributed by atoms with Crippen LogP contribution in [0.25, 0.3) is 0 Å². The van der Waals surface area contributed by atoms with Gasteiger partial charge in [0.1, 0.15) is 11.4 Å². The number of hydrogen-bond donors (Lipinski definition) is 0. The average Bonchev–Trinajstić information content (AvgIpc) is 2.79. The first-order valence-electron chi connectivity index (χ1n) is 9.87. The van der Waals surface area contributed by atoms with Gasteiger partial charge in [-0.1, -0.05) is 6.07 Å². The molecule has 0 aliphatic carbocycles. The zero-order chi connectivity index (χ0) is 20.9. The highest BCUT2D eigenvalue weighted by Crippen LogP contribution is 2.38. The molecule has 0 saturated carbocycles. The first-order chi connectivity index (χ1) is 12.8. The minimum atomic E-state index is -0.522. The minimum Gasteiger partial charge on any atom is -0.496 e. The maximum absolute atomic E-state index is 12.5. The Morgan fingerprint density at radius 1 is 1.11 bits per heavy atom. The van der Waals surface area contributed by atoms with E-state index >= 15 is 0 Å². The van der Waals surface area contributed by atoms with E-state index in [2.05, 4.69) is 0 Å². The monoisotopic (exact) mass is 389 g/mol. The standard InChI is InChI=1S/C21H32BNO5/c1-19(2,3)26-18(24)23-12-11-14-15(13-23)17(25-8)10-9-16(14)22-27-20(4,5)21(6,7)28-22/h9-10H,11-13H2,1-8H3. The van der Waals surface area contributed by atoms with Crippen molar-refractivity contribution in [3.63, 3.8) is 0 Å². The molecule has 28 heavy (non-hydrogen) atoms. The Hall–Kier alpha value is -1.73. The van der Waals surface area contributed by atoms with Gasteiger partial charge in [0.05, 0.1) is 24.9 Å². The lowest BCUT2D eigenvalue weighted by Crippen LogP contribution is -2.44. The van der Waals surface area contributed by atoms with Crippen molar-refractivity contribution in [3.8, 4) is 5.75 Å². The van der Waals surface area contributed by atoms with Crippen molar-refractivity contribution >= 4 is 18.7 Å². The average molecular weight is 389 g/mol. The summed E-state index contributed by atoms with van der Waals surface area (Å²) in [4.78, 5) is 14.3. The smallest absolute Gasteiger partial charge is 0.495 e. The molecule has 1 amide bonds. The summed E-state index contributed by atoms with van der Waals surface area (Å²) in [6.07, 6.45) is 0.395. The molecule has 1 fully saturated rings. The number of carbonyl (C=O) groups excluding carboxylic acids is 1. The molecule has 0 N–H and O–H groups in total. The van der Waals surface area contributed by atoms with E-state index in [9.17, 15) is 4.79 Å². The number of nitrogens with zero attached hydrogens (tertiary/aromatic N) is 1. The number of ether oxygens (including phenoxy) is 2. The van der Waals surface area contributed by atoms with Crippen LogP contribution in [0, 0.1) is 0 Å². The van der Waals surface area contributed by atoms with Gasteiger partial charge in [-0.3, -0.25) is 0 Å². The molecular weight excluding hydrogens is 357 g/mol. The summed E-state index contributed by atoms with van der Waals surface area (Å²) in [6, 6.07) is 3.95. The van der Waals surface area contributed by atoms with E-state index in [-0.39, 0.29) is 6.09 Å². The van der Waals surface area contributed by atoms with E-state index in [0.717, 1.165) is 22.3 Å². The van der Waals surface area contributed by atoms with Gasteiger partial charge in [0, 0.05) is 12.1 Å². The predicted molar refractivity (Wildman–Crippen MR) is 109 cm³/mol. The molecule has 0 aromatic heterocycles. The van der Waals surface area contributed by atoms with Crippen molar-refractivity contribution in [1.29, 1.82) is 0 Å². The third kappa shape index (κ3) is 3.87. The molecule has 154 valence electrons. The first kappa shape index (κ1) is 21.0. The van der Waals surface area contributed by atoms with Crippen LogP contribution in [-0.2, 0) is 27.0 Å². The van der Waals surface area contributed by atoms with E-state index < -0.39 is 23.9 Å². The third-order valence-corrected chi connectivity index (χ3v) is 5.78. The van der Waals surface area contributed by atoms with Crippen LogP contribution in [0.5, 0.6) is 5.75 Å². The Balaban J connectivity index is 1.91. The number of benzene rings is 1. The van der Waals surface area contributed by atoms with Crippen molar-refractivity contribution in [2.45, 2.75) is 78.2 Å². The molecule has 2 aliphatic rings. The number of hydrogen-bond acceptors (Lipinski definition) is 5. The first-order valence-corrected chi connectivity index (χ1v) is 9.87. The molecule has 1 aromatic carbocycles. The topological polar surface area (TPSA) is 57.2 Å². The van der Waals surface area contributed by atoms with E-state index in [1.54, 1.807) is 12.0 Å². The lowest BCUT2D eigenvalue weighted by Gasteiger charge is -2.33. The van der Waals surface area contributed by atoms with Gasteiger partial charge in [-0.2, -0.15) is 0 Å². The Labute approximate surface area is 168 Å². The summed E-state index contributed by atoms with van der Waals surface area (Å²) in [7, 11) is 1.22. The van der Waals surface area contributed by atoms with Crippen molar-refractivity contribution in [2.75, 3.05) is 13.7 Å². The molecule has 2 aliphatic heterocycles. The molecule has 0 unspecified atom stereocenters. The number of methoxy groups -OCH3 is 1. The molecule has 0 spiro atoms. The van der Waals surface area contributed by atoms with Crippen LogP contribution >= 0.6 is 0 Å². The predicted octanol–water partition coefficient (Wildman–Crippen LogP) is 3.29. The van der Waals surface area contributed by atoms with Crippen molar-refractivity contribution < 1.29 is 23.6 Å². The van der Waals surface area contributed by atoms with Gasteiger partial charge in [0.15, 0.2) is 0 Å². The zero-order valence-electron chi connectivity index (χ0n) is 18.3. The van der Waals surface area contributed by atoms with E-state index in [4.69, 9.17) is 18.8 Å². The van der Waals surface area contributed by atoms with E-state index in [1.165, 1.54) is 0 Å². The Kier molecular flexibility index (Phi) is 5.22. The number of carbonyl (C=O) groups is 1. The summed E-state index contributed by atoms with van der Waals surface area (Å²) in [6.45, 7) is 14.8. The second kappa shape index (κ2) is 6.96. The Morgan fingerprint density at radius 2 is 1.71 bits per heavy atom. The molecular formula is C21H32BNO5. The second-order valence-electron chi connectivity index (χ2n) is 9.55. The van der Waals surface area contributed by atoms with Gasteiger partial charge in [-0.15, -0.1) is 0 Å². The molecule has 0 radical (unpaired) electrons. The summed E-state index contributed by atoms with van der Waals surface area (Å²) >= 11 is 0. The molecule has 0 bridgehead atoms. The van der Waals surface area contributed by atoms with E-state index in [1.807, 2.05) is 60.6 Å². The number of fused-ring (bicyclic) bond motifs is 1. The Morgan fingerprint density at radius 3 is 2.25 bits per heavy atom. The van der Waals surface area contributed by atoms with Crippen molar-refractivity contribution in [3.05, 3.63) is 23.3 Å². The molecule has 7 heteroatoms. The van der Waals surface area contributed by atoms with Crippen molar-refractivity contribution in [2.24, 2.45) is 0 Å². The fourth-order valence-electron chi connectivity index (χ4n) is 3.54. The van der Waals surface area contributed by atoms with Gasteiger partial charge in [0.25, 0.3) is 0 Å². The van der Waals surface area contributed by atoms with Crippen LogP contribution in [-0.4, -0.2) is 48.6 Å². The quantitative estimate of drug-likeness (QED) is 0.727. The number of rotatable bonds is 2. The van der Waals surface area contributed by atoms with Crippen LogP contribution in [0.2, 0.25) is 0 Å². The lowest BCUT2D eigenvalue weighted by atomic mass is 9.73. The van der Waals surface area contributed by atoms with Crippen LogP contribution in [0.1, 0.15) is 59.6 Å². The maximum atomic E-state index is 12.5. The van der Waals surface area contributed by atoms with Crippen LogP contribution in [0.15, 0.2) is 12.1 Å². The summed E-state index contributed by atoms with van der Waals surface area (Å²) in [5, 5.41) is 0. The van der Waals surface area contributed by atoms with Gasteiger partial charge in [-0.25, -0.2) is 4.79 Å². The van der Waals surface area contributed by atoms with Crippen molar-refractivity contribution in [1.82, 2.24) is 4.90 Å². The SMILES string of the molecule is COc1ccc(B2OC(C)(C)C(C)(C)O2)c2c1CN(C(=O)OC(C)(C)C)CC2. The summed E-state index contributed by atoms with van der Waals surface area (Å²) in [5.41, 5.74) is 1.82. The molecule has 6 nitrogen and oxygen atoms in total. The summed E-state index contributed by atoms with van der Waals surface area (Å²) in [5.74, 6) is 0.767. The lowest BCUT2D eigenvalue weighted by molar-refractivity contribution is 0.00578. The van der Waals surface area contributed by atoms with Gasteiger partial charge >= 0.3 is 13.2 Å². The second-order valence-corrected chi connectivity index (χ2v) is 9.55. The molecule has 1 saturated heterocycles. The molecule has 1 aromatic rings. The third-order valence-electron chi connectivity index (χ3n) is 5.78. The maximum Gasteiger partial charge on any atom is 0.495 e. The highest BCUT2D eigenvalue weighted by molar-refractivity contribution is 6.62. The molecule has 2 heterocycles. The fourth-order valence-corrected chi connectivity index (χ4v) is 3.54. The largest absolute Gasteiger partial charge is 0.496 e. The normalized spacial score (nSPS) is 20.7. The molecule has 0 atom stereocenters. The highest BCUT2D eigenvalue weighted by atomic mass is 16.7. The van der Waals surface area contributed by atoms with Crippen LogP contribution in [0.4, 0.5) is 4.79 Å². The van der Waals surface area contributed by atoms with Crippen LogP contribution < -0.4 is 10.2 Å². The van der Waals surface area contributed by atoms with Gasteiger partial charge in [-0.05, 0) is 72.0 Å². The van der Waals surface area contributed by atoms with Gasteiger partial charge in [0.2, 0.25) is 0 Å². The van der Waals surface area contributed by atoms with Crippen LogP contribution in [0.3, 0.4) is 0 Å². The number of amides is 1. The highest BCUT2D eigenvalue weighted by Gasteiger charge is 2.52. The fraction of sp³-hybridized carbons (Fsp3) is 0.667. The Bertz CT molecular complexity index is 753. The molecule has 3 rings (SSSR count). The van der Waals surface area contributed by atoms with Gasteiger partial charge < -0.3 is 23.7 Å². The summed E-state index contributed by atoms with van der Waals surface area (Å²) < 4.78 is 23.7. The minimum absolute atomic E-state index is 0.304. The van der Waals surface area contributed by atoms with E-state index in [0.29, 0.717) is 19.5 Å². The zero-order valence-corrected chi connectivity index (χ0v) is 18.3.